The van der Waals surface area contributed by atoms with Gasteiger partial charge in [-0.3, -0.25) is 0 Å². The van der Waals surface area contributed by atoms with E-state index in [1.165, 1.54) is 0 Å². The minimum absolute atomic E-state index is 0.384. The number of aliphatic hydroxyl groups is 2. The van der Waals surface area contributed by atoms with Crippen LogP contribution in [0.1, 0.15) is 27.7 Å². The Hall–Kier alpha value is 0.280. The third-order valence-corrected chi connectivity index (χ3v) is 4.03. The summed E-state index contributed by atoms with van der Waals surface area (Å²) in [5.74, 6) is 1.80. The van der Waals surface area contributed by atoms with Crippen molar-refractivity contribution in [1.29, 1.82) is 0 Å². The summed E-state index contributed by atoms with van der Waals surface area (Å²) in [5.41, 5.74) is 0. The van der Waals surface area contributed by atoms with Crippen molar-refractivity contribution in [3.63, 3.8) is 0 Å². The molecule has 0 aromatic heterocycles. The first-order chi connectivity index (χ1) is 8.10. The van der Waals surface area contributed by atoms with Gasteiger partial charge in [-0.25, -0.2) is 9.80 Å². The van der Waals surface area contributed by atoms with E-state index in [0.29, 0.717) is 17.0 Å². The fraction of sp³-hybridized carbons (Fsp3) is 0.818. The highest BCUT2D eigenvalue weighted by Crippen LogP contribution is 2.02. The molecule has 0 heterocycles. The van der Waals surface area contributed by atoms with Crippen molar-refractivity contribution in [2.24, 2.45) is 0 Å². The molecule has 0 aliphatic rings. The van der Waals surface area contributed by atoms with E-state index in [1.54, 1.807) is 0 Å². The predicted molar refractivity (Wildman–Crippen MR) is 84.0 cm³/mol. The number of aliphatic hydroxyl groups excluding tert-OH is 2. The van der Waals surface area contributed by atoms with Crippen LogP contribution in [0.3, 0.4) is 0 Å². The minimum atomic E-state index is 0.384. The molecule has 0 unspecified atom stereocenters. The molecule has 0 rings (SSSR count). The maximum Gasteiger partial charge on any atom is 0.143 e. The summed E-state index contributed by atoms with van der Waals surface area (Å²) >= 11 is 1.87. The molecule has 0 spiro atoms. The van der Waals surface area contributed by atoms with E-state index in [2.05, 4.69) is 0 Å². The number of rotatable bonds is 6. The molecule has 0 aliphatic heterocycles. The van der Waals surface area contributed by atoms with Crippen LogP contribution in [0.5, 0.6) is 0 Å². The van der Waals surface area contributed by atoms with Crippen LogP contribution in [0.2, 0.25) is 0 Å². The van der Waals surface area contributed by atoms with Crippen LogP contribution >= 0.6 is 22.7 Å². The molecule has 17 heavy (non-hydrogen) atoms. The zero-order valence-corrected chi connectivity index (χ0v) is 13.0. The van der Waals surface area contributed by atoms with Gasteiger partial charge in [0, 0.05) is 13.1 Å². The Kier molecular flexibility index (Phi) is 10.4. The lowest BCUT2D eigenvalue weighted by Gasteiger charge is -2.27. The van der Waals surface area contributed by atoms with E-state index in [0.717, 1.165) is 47.3 Å². The summed E-state index contributed by atoms with van der Waals surface area (Å²) in [6.07, 6.45) is 0. The quantitative estimate of drug-likeness (QED) is 0.341. The van der Waals surface area contributed by atoms with E-state index in [1.807, 2.05) is 37.5 Å². The molecule has 0 aliphatic carbocycles. The van der Waals surface area contributed by atoms with Crippen LogP contribution in [0.25, 0.3) is 0 Å². The minimum Gasteiger partial charge on any atom is -0.346 e. The van der Waals surface area contributed by atoms with Crippen LogP contribution in [0.15, 0.2) is 0 Å². The van der Waals surface area contributed by atoms with Crippen molar-refractivity contribution in [3.8, 4) is 0 Å². The normalized spacial score (nSPS) is 14.8. The summed E-state index contributed by atoms with van der Waals surface area (Å²) < 4.78 is 0. The Morgan fingerprint density at radius 1 is 0.824 bits per heavy atom. The molecule has 0 atom stereocenters. The summed E-state index contributed by atoms with van der Waals surface area (Å²) in [6, 6.07) is 0. The number of hydrogen-bond donors (Lipinski definition) is 4. The number of nitrogens with zero attached hydrogens (tertiary/aromatic N) is 2. The summed E-state index contributed by atoms with van der Waals surface area (Å²) in [7, 11) is 0. The summed E-state index contributed by atoms with van der Waals surface area (Å²) in [4.78, 5) is 3.77. The van der Waals surface area contributed by atoms with Gasteiger partial charge in [0.1, 0.15) is 10.3 Å². The second-order valence-corrected chi connectivity index (χ2v) is 6.10. The van der Waals surface area contributed by atoms with Gasteiger partial charge in [0.15, 0.2) is 0 Å². The molecule has 0 saturated heterocycles. The maximum atomic E-state index is 9.88. The first-order valence-electron chi connectivity index (χ1n) is 6.07. The van der Waals surface area contributed by atoms with Crippen molar-refractivity contribution in [2.45, 2.75) is 27.7 Å². The fourth-order valence-corrected chi connectivity index (χ4v) is 2.67. The molecular formula is C11H26N2O2S2. The third kappa shape index (κ3) is 6.69. The largest absolute Gasteiger partial charge is 0.346 e. The van der Waals surface area contributed by atoms with E-state index in [9.17, 15) is 10.2 Å². The second-order valence-electron chi connectivity index (χ2n) is 3.40. The standard InChI is InChI=1S/C11H26N2O2S2/c1-5-12(10(14)16-7-3)9-13(6-2)11(15)17-8-4/h14-17H,5-9H2,1-4H3. The van der Waals surface area contributed by atoms with Gasteiger partial charge in [-0.15, -0.1) is 0 Å². The highest BCUT2D eigenvalue weighted by molar-refractivity contribution is 7.98. The average Bonchev–Trinajstić information content (AvgIpc) is 2.31. The Morgan fingerprint density at radius 2 is 1.18 bits per heavy atom. The molecule has 4 nitrogen and oxygen atoms in total. The van der Waals surface area contributed by atoms with E-state index in [-0.39, 0.29) is 0 Å². The molecule has 6 heteroatoms. The van der Waals surface area contributed by atoms with Crippen molar-refractivity contribution >= 4 is 33.1 Å². The highest BCUT2D eigenvalue weighted by atomic mass is 32.1. The third-order valence-electron chi connectivity index (χ3n) is 2.27. The molecule has 104 valence electrons. The zero-order valence-electron chi connectivity index (χ0n) is 11.2. The van der Waals surface area contributed by atoms with Gasteiger partial charge in [0.05, 0.1) is 6.67 Å². The van der Waals surface area contributed by atoms with Gasteiger partial charge in [-0.05, 0) is 11.5 Å². The van der Waals surface area contributed by atoms with Crippen molar-refractivity contribution in [1.82, 2.24) is 9.80 Å². The van der Waals surface area contributed by atoms with E-state index in [4.69, 9.17) is 0 Å². The smallest absolute Gasteiger partial charge is 0.143 e. The SMILES string of the molecule is CC[SH]=C(O)N(CC)CN(CC)C(O)=[SH]CC. The molecule has 0 fully saturated rings. The van der Waals surface area contributed by atoms with Crippen LogP contribution in [0.4, 0.5) is 0 Å². The van der Waals surface area contributed by atoms with Crippen LogP contribution in [-0.4, -0.2) is 61.6 Å². The topological polar surface area (TPSA) is 46.9 Å². The van der Waals surface area contributed by atoms with E-state index >= 15 is 0 Å². The average molecular weight is 282 g/mol. The van der Waals surface area contributed by atoms with Gasteiger partial charge < -0.3 is 10.2 Å². The summed E-state index contributed by atoms with van der Waals surface area (Å²) in [6.45, 7) is 10.1. The van der Waals surface area contributed by atoms with Crippen molar-refractivity contribution < 1.29 is 10.2 Å². The molecule has 0 aromatic rings. The molecular weight excluding hydrogens is 256 g/mol. The van der Waals surface area contributed by atoms with Crippen molar-refractivity contribution in [2.75, 3.05) is 31.3 Å². The number of thiol groups is 2. The van der Waals surface area contributed by atoms with E-state index < -0.39 is 0 Å². The van der Waals surface area contributed by atoms with Gasteiger partial charge in [0.2, 0.25) is 0 Å². The first kappa shape index (κ1) is 17.3. The summed E-state index contributed by atoms with van der Waals surface area (Å²) in [5, 5.41) is 20.5. The molecule has 0 bridgehead atoms. The Balaban J connectivity index is 4.63. The number of hydrogen-bond acceptors (Lipinski definition) is 0. The Bertz CT molecular complexity index is 244. The molecule has 0 aromatic carbocycles. The monoisotopic (exact) mass is 282 g/mol. The highest BCUT2D eigenvalue weighted by Gasteiger charge is 2.13. The molecule has 0 radical (unpaired) electrons. The van der Waals surface area contributed by atoms with Crippen LogP contribution in [-0.2, 0) is 0 Å². The zero-order chi connectivity index (χ0) is 13.3. The van der Waals surface area contributed by atoms with Gasteiger partial charge in [-0.1, -0.05) is 27.7 Å². The lowest BCUT2D eigenvalue weighted by molar-refractivity contribution is 0.234. The van der Waals surface area contributed by atoms with Crippen LogP contribution in [0, 0.1) is 0 Å². The van der Waals surface area contributed by atoms with Crippen molar-refractivity contribution in [3.05, 3.63) is 0 Å². The Morgan fingerprint density at radius 3 is 1.41 bits per heavy atom. The maximum absolute atomic E-state index is 9.88. The van der Waals surface area contributed by atoms with Gasteiger partial charge >= 0.3 is 0 Å². The molecule has 2 N–H and O–H groups in total. The lowest BCUT2D eigenvalue weighted by Crippen LogP contribution is -2.43. The first-order valence-corrected chi connectivity index (χ1v) is 8.23. The lowest BCUT2D eigenvalue weighted by atomic mass is 10.6. The fourth-order valence-electron chi connectivity index (χ4n) is 1.30. The van der Waals surface area contributed by atoms with Crippen LogP contribution < -0.4 is 0 Å². The Labute approximate surface area is 112 Å². The molecule has 0 saturated carbocycles. The van der Waals surface area contributed by atoms with Gasteiger partial charge in [0.25, 0.3) is 0 Å². The predicted octanol–water partition coefficient (Wildman–Crippen LogP) is 1.85. The van der Waals surface area contributed by atoms with Gasteiger partial charge in [-0.2, -0.15) is 22.7 Å². The molecule has 0 amide bonds. The second kappa shape index (κ2) is 10.2.